The van der Waals surface area contributed by atoms with Crippen molar-refractivity contribution in [3.8, 4) is 6.07 Å². The van der Waals surface area contributed by atoms with Gasteiger partial charge in [-0.1, -0.05) is 11.6 Å². The van der Waals surface area contributed by atoms with Crippen molar-refractivity contribution in [2.24, 2.45) is 0 Å². The van der Waals surface area contributed by atoms with Crippen molar-refractivity contribution < 1.29 is 4.79 Å². The topological polar surface area (TPSA) is 101 Å². The number of aromatic nitrogens is 1. The van der Waals surface area contributed by atoms with Gasteiger partial charge in [0, 0.05) is 18.0 Å². The summed E-state index contributed by atoms with van der Waals surface area (Å²) in [5.41, 5.74) is 6.30. The van der Waals surface area contributed by atoms with Crippen molar-refractivity contribution in [1.82, 2.24) is 4.57 Å². The molecule has 0 unspecified atom stereocenters. The molecule has 7 heteroatoms. The van der Waals surface area contributed by atoms with E-state index in [9.17, 15) is 9.59 Å². The molecule has 0 saturated carbocycles. The van der Waals surface area contributed by atoms with Crippen LogP contribution in [0.25, 0.3) is 0 Å². The Labute approximate surface area is 125 Å². The van der Waals surface area contributed by atoms with Gasteiger partial charge >= 0.3 is 0 Å². The Kier molecular flexibility index (Phi) is 4.26. The molecule has 0 saturated heterocycles. The number of carbonyl (C=O) groups excluding carboxylic acids is 1. The number of halogens is 1. The van der Waals surface area contributed by atoms with E-state index in [0.29, 0.717) is 22.0 Å². The van der Waals surface area contributed by atoms with Crippen LogP contribution in [0.2, 0.25) is 5.02 Å². The van der Waals surface area contributed by atoms with E-state index in [4.69, 9.17) is 22.6 Å². The normalized spacial score (nSPS) is 9.90. The fourth-order valence-electron chi connectivity index (χ4n) is 1.71. The average Bonchev–Trinajstić information content (AvgIpc) is 2.45. The van der Waals surface area contributed by atoms with E-state index in [1.165, 1.54) is 35.0 Å². The molecule has 0 aliphatic rings. The summed E-state index contributed by atoms with van der Waals surface area (Å²) in [6.45, 7) is -0.197. The van der Waals surface area contributed by atoms with Crippen molar-refractivity contribution in [1.29, 1.82) is 5.26 Å². The van der Waals surface area contributed by atoms with Gasteiger partial charge < -0.3 is 15.6 Å². The molecule has 1 aromatic carbocycles. The summed E-state index contributed by atoms with van der Waals surface area (Å²) in [5, 5.41) is 11.7. The van der Waals surface area contributed by atoms with Gasteiger partial charge in [0.2, 0.25) is 5.91 Å². The number of amides is 1. The molecular weight excluding hydrogens is 292 g/mol. The molecule has 21 heavy (non-hydrogen) atoms. The number of nitrogen functional groups attached to an aromatic ring is 1. The number of rotatable bonds is 3. The van der Waals surface area contributed by atoms with Crippen LogP contribution in [0.4, 0.5) is 11.4 Å². The third-order valence-corrected chi connectivity index (χ3v) is 3.02. The molecule has 1 heterocycles. The van der Waals surface area contributed by atoms with Crippen LogP contribution in [0.15, 0.2) is 41.3 Å². The van der Waals surface area contributed by atoms with E-state index < -0.39 is 5.91 Å². The van der Waals surface area contributed by atoms with Gasteiger partial charge in [-0.15, -0.1) is 0 Å². The van der Waals surface area contributed by atoms with E-state index in [1.54, 1.807) is 6.07 Å². The van der Waals surface area contributed by atoms with Crippen LogP contribution in [0.1, 0.15) is 5.56 Å². The van der Waals surface area contributed by atoms with Crippen LogP contribution in [0.3, 0.4) is 0 Å². The van der Waals surface area contributed by atoms with Gasteiger partial charge in [-0.05, 0) is 24.3 Å². The number of nitriles is 1. The fraction of sp³-hybridized carbons (Fsp3) is 0.0714. The van der Waals surface area contributed by atoms with E-state index in [2.05, 4.69) is 5.32 Å². The second-order valence-corrected chi connectivity index (χ2v) is 4.69. The summed E-state index contributed by atoms with van der Waals surface area (Å²) in [5.74, 6) is -0.445. The number of pyridine rings is 1. The van der Waals surface area contributed by atoms with Gasteiger partial charge in [-0.25, -0.2) is 0 Å². The summed E-state index contributed by atoms with van der Waals surface area (Å²) < 4.78 is 1.19. The molecule has 0 atom stereocenters. The molecule has 0 bridgehead atoms. The van der Waals surface area contributed by atoms with Crippen molar-refractivity contribution in [2.45, 2.75) is 6.54 Å². The minimum atomic E-state index is -0.445. The van der Waals surface area contributed by atoms with E-state index in [-0.39, 0.29) is 12.1 Å². The zero-order valence-corrected chi connectivity index (χ0v) is 11.6. The first-order chi connectivity index (χ1) is 9.99. The molecular formula is C14H11ClN4O2. The van der Waals surface area contributed by atoms with E-state index >= 15 is 0 Å². The Hall–Kier alpha value is -2.78. The molecule has 1 aromatic heterocycles. The maximum atomic E-state index is 11.9. The highest BCUT2D eigenvalue weighted by molar-refractivity contribution is 6.33. The lowest BCUT2D eigenvalue weighted by atomic mass is 10.2. The first-order valence-corrected chi connectivity index (χ1v) is 6.33. The van der Waals surface area contributed by atoms with Gasteiger partial charge in [-0.3, -0.25) is 9.59 Å². The monoisotopic (exact) mass is 302 g/mol. The molecule has 106 valence electrons. The van der Waals surface area contributed by atoms with Crippen LogP contribution in [-0.4, -0.2) is 10.5 Å². The molecule has 2 aromatic rings. The fourth-order valence-corrected chi connectivity index (χ4v) is 1.87. The maximum absolute atomic E-state index is 11.9. The Morgan fingerprint density at radius 2 is 2.14 bits per heavy atom. The predicted octanol–water partition coefficient (Wildman–Crippen LogP) is 1.59. The van der Waals surface area contributed by atoms with Crippen LogP contribution in [0, 0.1) is 11.3 Å². The second kappa shape index (κ2) is 6.11. The Morgan fingerprint density at radius 1 is 1.38 bits per heavy atom. The summed E-state index contributed by atoms with van der Waals surface area (Å²) in [6, 6.07) is 9.22. The number of nitrogens with zero attached hydrogens (tertiary/aromatic N) is 2. The number of hydrogen-bond acceptors (Lipinski definition) is 4. The standard InChI is InChI=1S/C14H11ClN4O2/c15-11-3-1-9(6-16)5-12(11)18-13(20)8-19-7-10(17)2-4-14(19)21/h1-5,7H,8,17H2,(H,18,20). The van der Waals surface area contributed by atoms with E-state index in [0.717, 1.165) is 0 Å². The second-order valence-electron chi connectivity index (χ2n) is 4.28. The number of carbonyl (C=O) groups is 1. The first-order valence-electron chi connectivity index (χ1n) is 5.95. The van der Waals surface area contributed by atoms with Crippen molar-refractivity contribution in [3.05, 3.63) is 57.5 Å². The summed E-state index contributed by atoms with van der Waals surface area (Å²) >= 11 is 5.94. The maximum Gasteiger partial charge on any atom is 0.251 e. The van der Waals surface area contributed by atoms with Gasteiger partial charge in [0.25, 0.3) is 5.56 Å². The van der Waals surface area contributed by atoms with Crippen molar-refractivity contribution >= 4 is 28.9 Å². The number of anilines is 2. The molecule has 0 aliphatic heterocycles. The molecule has 0 aliphatic carbocycles. The summed E-state index contributed by atoms with van der Waals surface area (Å²) in [4.78, 5) is 23.5. The number of nitrogens with two attached hydrogens (primary N) is 1. The van der Waals surface area contributed by atoms with Gasteiger partial charge in [0.1, 0.15) is 6.54 Å². The third-order valence-electron chi connectivity index (χ3n) is 2.69. The minimum absolute atomic E-state index is 0.197. The Balaban J connectivity index is 2.17. The van der Waals surface area contributed by atoms with Crippen molar-refractivity contribution in [2.75, 3.05) is 11.1 Å². The average molecular weight is 303 g/mol. The smallest absolute Gasteiger partial charge is 0.251 e. The highest BCUT2D eigenvalue weighted by Crippen LogP contribution is 2.22. The van der Waals surface area contributed by atoms with Gasteiger partial charge in [0.15, 0.2) is 0 Å². The largest absolute Gasteiger partial charge is 0.398 e. The molecule has 2 rings (SSSR count). The lowest BCUT2D eigenvalue weighted by Gasteiger charge is -2.09. The molecule has 0 radical (unpaired) electrons. The van der Waals surface area contributed by atoms with Crippen LogP contribution in [0.5, 0.6) is 0 Å². The number of benzene rings is 1. The molecule has 6 nitrogen and oxygen atoms in total. The predicted molar refractivity (Wildman–Crippen MR) is 79.9 cm³/mol. The molecule has 3 N–H and O–H groups in total. The lowest BCUT2D eigenvalue weighted by Crippen LogP contribution is -2.27. The van der Waals surface area contributed by atoms with Crippen LogP contribution < -0.4 is 16.6 Å². The highest BCUT2D eigenvalue weighted by Gasteiger charge is 2.08. The summed E-state index contributed by atoms with van der Waals surface area (Å²) in [7, 11) is 0. The van der Waals surface area contributed by atoms with Crippen LogP contribution >= 0.6 is 11.6 Å². The first kappa shape index (κ1) is 14.6. The zero-order chi connectivity index (χ0) is 15.4. The van der Waals surface area contributed by atoms with Gasteiger partial charge in [-0.2, -0.15) is 5.26 Å². The third kappa shape index (κ3) is 3.61. The zero-order valence-electron chi connectivity index (χ0n) is 10.8. The Morgan fingerprint density at radius 3 is 2.86 bits per heavy atom. The summed E-state index contributed by atoms with van der Waals surface area (Å²) in [6.07, 6.45) is 1.38. The SMILES string of the molecule is N#Cc1ccc(Cl)c(NC(=O)Cn2cc(N)ccc2=O)c1. The molecule has 0 spiro atoms. The Bertz CT molecular complexity index is 792. The van der Waals surface area contributed by atoms with E-state index in [1.807, 2.05) is 6.07 Å². The number of hydrogen-bond donors (Lipinski definition) is 2. The molecule has 0 fully saturated rings. The quantitative estimate of drug-likeness (QED) is 0.899. The van der Waals surface area contributed by atoms with Crippen LogP contribution in [-0.2, 0) is 11.3 Å². The minimum Gasteiger partial charge on any atom is -0.398 e. The van der Waals surface area contributed by atoms with Crippen molar-refractivity contribution in [3.63, 3.8) is 0 Å². The number of nitrogens with one attached hydrogen (secondary N) is 1. The molecule has 1 amide bonds. The van der Waals surface area contributed by atoms with Gasteiger partial charge in [0.05, 0.1) is 22.3 Å². The lowest BCUT2D eigenvalue weighted by molar-refractivity contribution is -0.116. The highest BCUT2D eigenvalue weighted by atomic mass is 35.5.